The number of hydrogen-bond donors (Lipinski definition) is 0. The molecule has 4 heteroatoms. The standard InChI is InChI=1S/C26H34N4.C2H6/c1-6-22-7-9-23(10-8-22)18-28-14-12-24-25(11-13-27-26(24)28)29-16-20(4)30(15-19(2)3)21(5)17-29;1-2/h6-14,19-21H,1,15-18H2,2-5H3;1-2H3. The number of aromatic nitrogens is 2. The summed E-state index contributed by atoms with van der Waals surface area (Å²) in [6.07, 6.45) is 6.01. The average molecular weight is 433 g/mol. The van der Waals surface area contributed by atoms with Crippen molar-refractivity contribution in [1.29, 1.82) is 0 Å². The highest BCUT2D eigenvalue weighted by atomic mass is 15.3. The van der Waals surface area contributed by atoms with E-state index < -0.39 is 0 Å². The summed E-state index contributed by atoms with van der Waals surface area (Å²) in [5, 5.41) is 1.25. The molecule has 0 saturated carbocycles. The van der Waals surface area contributed by atoms with Gasteiger partial charge in [-0.25, -0.2) is 4.98 Å². The third-order valence-electron chi connectivity index (χ3n) is 6.23. The molecule has 0 aliphatic carbocycles. The topological polar surface area (TPSA) is 24.3 Å². The molecule has 2 aromatic heterocycles. The second-order valence-electron chi connectivity index (χ2n) is 9.15. The molecular formula is C28H40N4. The summed E-state index contributed by atoms with van der Waals surface area (Å²) in [4.78, 5) is 9.95. The second-order valence-corrected chi connectivity index (χ2v) is 9.15. The Bertz CT molecular complexity index is 990. The molecular weight excluding hydrogens is 392 g/mol. The quantitative estimate of drug-likeness (QED) is 0.456. The molecule has 1 saturated heterocycles. The number of piperazine rings is 1. The molecule has 1 aromatic carbocycles. The molecule has 3 aromatic rings. The van der Waals surface area contributed by atoms with Crippen LogP contribution >= 0.6 is 0 Å². The molecule has 172 valence electrons. The zero-order valence-electron chi connectivity index (χ0n) is 20.8. The number of hydrogen-bond acceptors (Lipinski definition) is 3. The van der Waals surface area contributed by atoms with Gasteiger partial charge in [0.1, 0.15) is 5.65 Å². The van der Waals surface area contributed by atoms with E-state index in [9.17, 15) is 0 Å². The van der Waals surface area contributed by atoms with Crippen LogP contribution in [0.2, 0.25) is 0 Å². The Balaban J connectivity index is 0.00000141. The van der Waals surface area contributed by atoms with Crippen LogP contribution in [0.3, 0.4) is 0 Å². The average Bonchev–Trinajstić information content (AvgIpc) is 3.21. The summed E-state index contributed by atoms with van der Waals surface area (Å²) in [7, 11) is 0. The van der Waals surface area contributed by atoms with Gasteiger partial charge in [-0.15, -0.1) is 0 Å². The Morgan fingerprint density at radius 1 is 1.03 bits per heavy atom. The van der Waals surface area contributed by atoms with Gasteiger partial charge in [0, 0.05) is 61.7 Å². The summed E-state index contributed by atoms with van der Waals surface area (Å²) in [6.45, 7) is 21.3. The van der Waals surface area contributed by atoms with Crippen molar-refractivity contribution < 1.29 is 0 Å². The van der Waals surface area contributed by atoms with Crippen LogP contribution in [-0.2, 0) is 6.54 Å². The predicted octanol–water partition coefficient (Wildman–Crippen LogP) is 6.31. The van der Waals surface area contributed by atoms with Crippen LogP contribution in [0.25, 0.3) is 17.1 Å². The van der Waals surface area contributed by atoms with E-state index in [-0.39, 0.29) is 0 Å². The highest BCUT2D eigenvalue weighted by Crippen LogP contribution is 2.30. The largest absolute Gasteiger partial charge is 0.368 e. The molecule has 1 fully saturated rings. The first-order valence-electron chi connectivity index (χ1n) is 12.1. The minimum atomic E-state index is 0.546. The van der Waals surface area contributed by atoms with Gasteiger partial charge in [0.05, 0.1) is 0 Å². The summed E-state index contributed by atoms with van der Waals surface area (Å²) in [5.41, 5.74) is 4.79. The molecule has 3 heterocycles. The Kier molecular flexibility index (Phi) is 8.14. The van der Waals surface area contributed by atoms with E-state index in [1.807, 2.05) is 26.1 Å². The lowest BCUT2D eigenvalue weighted by atomic mass is 10.0. The molecule has 0 spiro atoms. The zero-order valence-corrected chi connectivity index (χ0v) is 20.8. The van der Waals surface area contributed by atoms with E-state index in [0.29, 0.717) is 18.0 Å². The monoisotopic (exact) mass is 432 g/mol. The number of nitrogens with zero attached hydrogens (tertiary/aromatic N) is 4. The van der Waals surface area contributed by atoms with Crippen LogP contribution in [0, 0.1) is 5.92 Å². The highest BCUT2D eigenvalue weighted by molar-refractivity contribution is 5.90. The molecule has 32 heavy (non-hydrogen) atoms. The van der Waals surface area contributed by atoms with Gasteiger partial charge in [-0.3, -0.25) is 4.90 Å². The van der Waals surface area contributed by atoms with Crippen molar-refractivity contribution in [2.75, 3.05) is 24.5 Å². The number of anilines is 1. The molecule has 4 nitrogen and oxygen atoms in total. The van der Waals surface area contributed by atoms with Crippen LogP contribution in [0.1, 0.15) is 52.7 Å². The van der Waals surface area contributed by atoms with Crippen LogP contribution in [0.5, 0.6) is 0 Å². The lowest BCUT2D eigenvalue weighted by molar-refractivity contribution is 0.116. The lowest BCUT2D eigenvalue weighted by Crippen LogP contribution is -2.57. The Morgan fingerprint density at radius 3 is 2.28 bits per heavy atom. The van der Waals surface area contributed by atoms with Crippen molar-refractivity contribution in [3.05, 3.63) is 66.5 Å². The Labute approximate surface area is 194 Å². The van der Waals surface area contributed by atoms with Crippen LogP contribution in [0.15, 0.2) is 55.4 Å². The predicted molar refractivity (Wildman–Crippen MR) is 139 cm³/mol. The smallest absolute Gasteiger partial charge is 0.142 e. The van der Waals surface area contributed by atoms with Gasteiger partial charge in [0.2, 0.25) is 0 Å². The number of fused-ring (bicyclic) bond motifs is 1. The number of benzene rings is 1. The van der Waals surface area contributed by atoms with Crippen molar-refractivity contribution >= 4 is 22.8 Å². The molecule has 0 radical (unpaired) electrons. The lowest BCUT2D eigenvalue weighted by Gasteiger charge is -2.46. The first kappa shape index (κ1) is 24.1. The summed E-state index contributed by atoms with van der Waals surface area (Å²) in [5.74, 6) is 0.698. The van der Waals surface area contributed by atoms with Gasteiger partial charge in [0.15, 0.2) is 0 Å². The van der Waals surface area contributed by atoms with Crippen molar-refractivity contribution in [2.24, 2.45) is 5.92 Å². The molecule has 0 amide bonds. The molecule has 0 N–H and O–H groups in total. The van der Waals surface area contributed by atoms with Crippen LogP contribution < -0.4 is 4.90 Å². The van der Waals surface area contributed by atoms with E-state index in [0.717, 1.165) is 30.8 Å². The maximum Gasteiger partial charge on any atom is 0.142 e. The molecule has 1 aliphatic heterocycles. The highest BCUT2D eigenvalue weighted by Gasteiger charge is 2.30. The molecule has 0 bridgehead atoms. The van der Waals surface area contributed by atoms with Gasteiger partial charge in [-0.2, -0.15) is 0 Å². The number of rotatable bonds is 6. The SMILES string of the molecule is C=Cc1ccc(Cn2ccc3c(N4CC(C)N(CC(C)C)C(C)C4)ccnc32)cc1.CC. The van der Waals surface area contributed by atoms with Crippen molar-refractivity contribution in [3.8, 4) is 0 Å². The van der Waals surface area contributed by atoms with E-state index >= 15 is 0 Å². The summed E-state index contributed by atoms with van der Waals surface area (Å²) in [6, 6.07) is 14.1. The Morgan fingerprint density at radius 2 is 1.69 bits per heavy atom. The van der Waals surface area contributed by atoms with E-state index in [4.69, 9.17) is 4.98 Å². The zero-order chi connectivity index (χ0) is 23.3. The molecule has 2 unspecified atom stereocenters. The van der Waals surface area contributed by atoms with Gasteiger partial charge in [-0.1, -0.05) is 64.6 Å². The Hall–Kier alpha value is -2.59. The fourth-order valence-corrected chi connectivity index (χ4v) is 4.77. The van der Waals surface area contributed by atoms with E-state index in [2.05, 4.69) is 91.2 Å². The maximum absolute atomic E-state index is 4.73. The fraction of sp³-hybridized carbons (Fsp3) is 0.464. The van der Waals surface area contributed by atoms with Gasteiger partial charge in [-0.05, 0) is 43.0 Å². The molecule has 4 rings (SSSR count). The molecule has 2 atom stereocenters. The first-order valence-corrected chi connectivity index (χ1v) is 12.1. The minimum absolute atomic E-state index is 0.546. The van der Waals surface area contributed by atoms with E-state index in [1.54, 1.807) is 0 Å². The first-order chi connectivity index (χ1) is 15.5. The van der Waals surface area contributed by atoms with Gasteiger partial charge < -0.3 is 9.47 Å². The normalized spacial score (nSPS) is 19.2. The van der Waals surface area contributed by atoms with Gasteiger partial charge >= 0.3 is 0 Å². The van der Waals surface area contributed by atoms with Crippen LogP contribution in [0.4, 0.5) is 5.69 Å². The third-order valence-corrected chi connectivity index (χ3v) is 6.23. The van der Waals surface area contributed by atoms with Crippen molar-refractivity contribution in [3.63, 3.8) is 0 Å². The summed E-state index contributed by atoms with van der Waals surface area (Å²) < 4.78 is 2.25. The summed E-state index contributed by atoms with van der Waals surface area (Å²) >= 11 is 0. The second kappa shape index (κ2) is 10.8. The fourth-order valence-electron chi connectivity index (χ4n) is 4.77. The van der Waals surface area contributed by atoms with Crippen molar-refractivity contribution in [2.45, 2.75) is 60.2 Å². The number of pyridine rings is 1. The maximum atomic E-state index is 4.73. The third kappa shape index (κ3) is 5.24. The molecule has 1 aliphatic rings. The van der Waals surface area contributed by atoms with Crippen molar-refractivity contribution in [1.82, 2.24) is 14.5 Å². The van der Waals surface area contributed by atoms with Gasteiger partial charge in [0.25, 0.3) is 0 Å². The van der Waals surface area contributed by atoms with E-state index in [1.165, 1.54) is 23.2 Å². The van der Waals surface area contributed by atoms with Crippen LogP contribution in [-0.4, -0.2) is 46.2 Å². The minimum Gasteiger partial charge on any atom is -0.368 e.